The van der Waals surface area contributed by atoms with Crippen molar-refractivity contribution in [3.8, 4) is 11.5 Å². The summed E-state index contributed by atoms with van der Waals surface area (Å²) in [5.41, 5.74) is 8.93. The molecule has 7 nitrogen and oxygen atoms in total. The number of rotatable bonds is 6. The van der Waals surface area contributed by atoms with Crippen LogP contribution in [0.3, 0.4) is 0 Å². The molecular weight excluding hydrogens is 330 g/mol. The lowest BCUT2D eigenvalue weighted by atomic mass is 10.2. The number of nitrogen functional groups attached to an aromatic ring is 1. The first-order valence-corrected chi connectivity index (χ1v) is 8.15. The summed E-state index contributed by atoms with van der Waals surface area (Å²) in [4.78, 5) is 12.6. The van der Waals surface area contributed by atoms with Gasteiger partial charge in [-0.25, -0.2) is 0 Å². The number of nitrogens with two attached hydrogens (primary N) is 1. The number of anilines is 3. The molecule has 1 aromatic heterocycles. The van der Waals surface area contributed by atoms with E-state index in [1.54, 1.807) is 7.11 Å². The fourth-order valence-corrected chi connectivity index (χ4v) is 2.36. The molecule has 7 heteroatoms. The standard InChI is InChI=1S/C19H21N5O2/c1-12-4-7-14(8-5-12)21-19-23-17(22-18(20)24-19)11-26-15-9-6-13(2)10-16(15)25-3/h4-10H,11H2,1-3H3,(H3,20,21,22,23,24). The Morgan fingerprint density at radius 3 is 2.38 bits per heavy atom. The molecule has 3 N–H and O–H groups in total. The van der Waals surface area contributed by atoms with E-state index in [1.165, 1.54) is 5.56 Å². The van der Waals surface area contributed by atoms with Crippen LogP contribution in [0.1, 0.15) is 17.0 Å². The van der Waals surface area contributed by atoms with Crippen LogP contribution >= 0.6 is 0 Å². The molecule has 0 saturated heterocycles. The van der Waals surface area contributed by atoms with Crippen molar-refractivity contribution in [2.24, 2.45) is 0 Å². The number of benzene rings is 2. The summed E-state index contributed by atoms with van der Waals surface area (Å²) in [7, 11) is 1.60. The molecule has 0 bridgehead atoms. The monoisotopic (exact) mass is 351 g/mol. The van der Waals surface area contributed by atoms with E-state index in [2.05, 4.69) is 20.3 Å². The number of hydrogen-bond acceptors (Lipinski definition) is 7. The molecule has 0 unspecified atom stereocenters. The van der Waals surface area contributed by atoms with Crippen LogP contribution in [0.5, 0.6) is 11.5 Å². The lowest BCUT2D eigenvalue weighted by Gasteiger charge is -2.11. The molecule has 3 rings (SSSR count). The topological polar surface area (TPSA) is 95.2 Å². The summed E-state index contributed by atoms with van der Waals surface area (Å²) in [6, 6.07) is 13.6. The van der Waals surface area contributed by atoms with Crippen molar-refractivity contribution in [2.75, 3.05) is 18.2 Å². The van der Waals surface area contributed by atoms with Crippen molar-refractivity contribution >= 4 is 17.6 Å². The summed E-state index contributed by atoms with van der Waals surface area (Å²) in [5.74, 6) is 2.20. The maximum absolute atomic E-state index is 5.80. The first-order valence-electron chi connectivity index (χ1n) is 8.15. The highest BCUT2D eigenvalue weighted by atomic mass is 16.5. The maximum Gasteiger partial charge on any atom is 0.232 e. The van der Waals surface area contributed by atoms with E-state index < -0.39 is 0 Å². The van der Waals surface area contributed by atoms with Crippen LogP contribution in [0.4, 0.5) is 17.6 Å². The smallest absolute Gasteiger partial charge is 0.232 e. The van der Waals surface area contributed by atoms with Gasteiger partial charge in [-0.3, -0.25) is 0 Å². The van der Waals surface area contributed by atoms with Gasteiger partial charge in [-0.05, 0) is 43.7 Å². The second kappa shape index (κ2) is 7.69. The average Bonchev–Trinajstić information content (AvgIpc) is 2.62. The van der Waals surface area contributed by atoms with Crippen molar-refractivity contribution in [1.29, 1.82) is 0 Å². The van der Waals surface area contributed by atoms with Crippen molar-refractivity contribution in [1.82, 2.24) is 15.0 Å². The summed E-state index contributed by atoms with van der Waals surface area (Å²) in [5, 5.41) is 3.12. The number of nitrogens with zero attached hydrogens (tertiary/aromatic N) is 3. The minimum Gasteiger partial charge on any atom is -0.493 e. The zero-order valence-electron chi connectivity index (χ0n) is 15.0. The van der Waals surface area contributed by atoms with Crippen LogP contribution in [0.15, 0.2) is 42.5 Å². The highest BCUT2D eigenvalue weighted by Crippen LogP contribution is 2.28. The fraction of sp³-hybridized carbons (Fsp3) is 0.211. The third-order valence-electron chi connectivity index (χ3n) is 3.68. The van der Waals surface area contributed by atoms with Gasteiger partial charge in [0.15, 0.2) is 17.3 Å². The Morgan fingerprint density at radius 1 is 0.923 bits per heavy atom. The Labute approximate surface area is 152 Å². The summed E-state index contributed by atoms with van der Waals surface area (Å²) >= 11 is 0. The molecule has 0 saturated carbocycles. The number of methoxy groups -OCH3 is 1. The number of nitrogens with one attached hydrogen (secondary N) is 1. The molecule has 0 atom stereocenters. The summed E-state index contributed by atoms with van der Waals surface area (Å²) < 4.78 is 11.1. The molecular formula is C19H21N5O2. The van der Waals surface area contributed by atoms with Crippen molar-refractivity contribution in [3.05, 3.63) is 59.4 Å². The molecule has 0 radical (unpaired) electrons. The van der Waals surface area contributed by atoms with Gasteiger partial charge in [-0.2, -0.15) is 15.0 Å². The Balaban J connectivity index is 1.74. The van der Waals surface area contributed by atoms with Crippen LogP contribution in [-0.2, 0) is 6.61 Å². The second-order valence-corrected chi connectivity index (χ2v) is 5.87. The Hall–Kier alpha value is -3.35. The average molecular weight is 351 g/mol. The third-order valence-corrected chi connectivity index (χ3v) is 3.68. The Morgan fingerprint density at radius 2 is 1.65 bits per heavy atom. The third kappa shape index (κ3) is 4.38. The number of aryl methyl sites for hydroxylation is 2. The first kappa shape index (κ1) is 17.5. The largest absolute Gasteiger partial charge is 0.493 e. The van der Waals surface area contributed by atoms with Crippen LogP contribution in [0, 0.1) is 13.8 Å². The van der Waals surface area contributed by atoms with Gasteiger partial charge in [0.2, 0.25) is 11.9 Å². The fourth-order valence-electron chi connectivity index (χ4n) is 2.36. The van der Waals surface area contributed by atoms with E-state index >= 15 is 0 Å². The summed E-state index contributed by atoms with van der Waals surface area (Å²) in [6.07, 6.45) is 0. The zero-order valence-corrected chi connectivity index (χ0v) is 15.0. The van der Waals surface area contributed by atoms with Crippen LogP contribution in [0.25, 0.3) is 0 Å². The van der Waals surface area contributed by atoms with Crippen LogP contribution in [0.2, 0.25) is 0 Å². The van der Waals surface area contributed by atoms with Gasteiger partial charge in [-0.1, -0.05) is 23.8 Å². The van der Waals surface area contributed by atoms with Crippen molar-refractivity contribution in [3.63, 3.8) is 0 Å². The van der Waals surface area contributed by atoms with E-state index in [0.717, 1.165) is 11.3 Å². The normalized spacial score (nSPS) is 10.4. The van der Waals surface area contributed by atoms with Gasteiger partial charge in [0.1, 0.15) is 6.61 Å². The molecule has 0 spiro atoms. The molecule has 26 heavy (non-hydrogen) atoms. The van der Waals surface area contributed by atoms with Gasteiger partial charge >= 0.3 is 0 Å². The summed E-state index contributed by atoms with van der Waals surface area (Å²) in [6.45, 7) is 4.16. The van der Waals surface area contributed by atoms with Gasteiger partial charge < -0.3 is 20.5 Å². The molecule has 134 valence electrons. The lowest BCUT2D eigenvalue weighted by Crippen LogP contribution is -2.09. The molecule has 0 aliphatic heterocycles. The van der Waals surface area contributed by atoms with E-state index in [4.69, 9.17) is 15.2 Å². The molecule has 1 heterocycles. The van der Waals surface area contributed by atoms with E-state index in [1.807, 2.05) is 56.3 Å². The minimum absolute atomic E-state index is 0.129. The maximum atomic E-state index is 5.80. The Kier molecular flexibility index (Phi) is 5.17. The molecule has 2 aromatic carbocycles. The van der Waals surface area contributed by atoms with Crippen LogP contribution in [-0.4, -0.2) is 22.1 Å². The SMILES string of the molecule is COc1cc(C)ccc1OCc1nc(N)nc(Nc2ccc(C)cc2)n1. The number of hydrogen-bond donors (Lipinski definition) is 2. The van der Waals surface area contributed by atoms with Gasteiger partial charge in [-0.15, -0.1) is 0 Å². The first-order chi connectivity index (χ1) is 12.5. The minimum atomic E-state index is 0.129. The van der Waals surface area contributed by atoms with Crippen molar-refractivity contribution in [2.45, 2.75) is 20.5 Å². The molecule has 0 amide bonds. The molecule has 0 aliphatic rings. The number of ether oxygens (including phenoxy) is 2. The predicted octanol–water partition coefficient (Wildman–Crippen LogP) is 3.40. The molecule has 0 aliphatic carbocycles. The quantitative estimate of drug-likeness (QED) is 0.702. The Bertz CT molecular complexity index is 897. The van der Waals surface area contributed by atoms with Crippen molar-refractivity contribution < 1.29 is 9.47 Å². The molecule has 0 fully saturated rings. The van der Waals surface area contributed by atoms with E-state index in [0.29, 0.717) is 23.3 Å². The highest BCUT2D eigenvalue weighted by molar-refractivity contribution is 5.54. The predicted molar refractivity (Wildman–Crippen MR) is 101 cm³/mol. The molecule has 3 aromatic rings. The highest BCUT2D eigenvalue weighted by Gasteiger charge is 2.09. The van der Waals surface area contributed by atoms with E-state index in [-0.39, 0.29) is 12.6 Å². The van der Waals surface area contributed by atoms with Gasteiger partial charge in [0, 0.05) is 5.69 Å². The van der Waals surface area contributed by atoms with Gasteiger partial charge in [0.25, 0.3) is 0 Å². The lowest BCUT2D eigenvalue weighted by molar-refractivity contribution is 0.276. The van der Waals surface area contributed by atoms with E-state index in [9.17, 15) is 0 Å². The number of aromatic nitrogens is 3. The second-order valence-electron chi connectivity index (χ2n) is 5.87. The van der Waals surface area contributed by atoms with Crippen LogP contribution < -0.4 is 20.5 Å². The van der Waals surface area contributed by atoms with Gasteiger partial charge in [0.05, 0.1) is 7.11 Å². The zero-order chi connectivity index (χ0) is 18.5.